The van der Waals surface area contributed by atoms with Crippen LogP contribution in [0.2, 0.25) is 10.1 Å². The van der Waals surface area contributed by atoms with Gasteiger partial charge in [-0.1, -0.05) is 102 Å². The zero-order valence-electron chi connectivity index (χ0n) is 30.6. The number of benzene rings is 2. The van der Waals surface area contributed by atoms with Gasteiger partial charge in [-0.05, 0) is 30.9 Å². The SMILES string of the molecule is CC(C)(C)[Si]1(C(C)(C)C)OC[C@H]2O[C@H]3C[C@H]4O[C@H]5CC[C@@](C)(OCc6ccccc6)[C@H](COCc6ccccc6)O[C@@H]5C[C@@H]4O[C@@H]3C[C@@H]2O1. The topological polar surface area (TPSA) is 73.8 Å². The molecule has 0 amide bonds. The molecule has 7 rings (SSSR count). The Bertz CT molecular complexity index is 1360. The van der Waals surface area contributed by atoms with Crippen molar-refractivity contribution in [3.8, 4) is 0 Å². The summed E-state index contributed by atoms with van der Waals surface area (Å²) in [5.74, 6) is 0. The van der Waals surface area contributed by atoms with Gasteiger partial charge >= 0.3 is 8.56 Å². The second-order valence-electron chi connectivity index (χ2n) is 17.2. The van der Waals surface area contributed by atoms with Gasteiger partial charge in [-0.15, -0.1) is 0 Å². The molecule has 0 radical (unpaired) electrons. The predicted molar refractivity (Wildman–Crippen MR) is 189 cm³/mol. The van der Waals surface area contributed by atoms with E-state index in [1.807, 2.05) is 24.3 Å². The van der Waals surface area contributed by atoms with Crippen molar-refractivity contribution < 1.29 is 37.3 Å². The van der Waals surface area contributed by atoms with Crippen molar-refractivity contribution in [2.24, 2.45) is 0 Å². The van der Waals surface area contributed by atoms with Crippen LogP contribution >= 0.6 is 0 Å². The molecule has 10 atom stereocenters. The van der Waals surface area contributed by atoms with Crippen molar-refractivity contribution in [3.05, 3.63) is 71.8 Å². The third-order valence-corrected chi connectivity index (χ3v) is 16.7. The van der Waals surface area contributed by atoms with E-state index >= 15 is 0 Å². The molecule has 8 nitrogen and oxygen atoms in total. The summed E-state index contributed by atoms with van der Waals surface area (Å²) in [7, 11) is -2.60. The summed E-state index contributed by atoms with van der Waals surface area (Å²) >= 11 is 0. The zero-order chi connectivity index (χ0) is 34.4. The van der Waals surface area contributed by atoms with Crippen LogP contribution in [0.5, 0.6) is 0 Å². The van der Waals surface area contributed by atoms with Crippen LogP contribution in [-0.2, 0) is 50.5 Å². The minimum atomic E-state index is -2.60. The van der Waals surface area contributed by atoms with Crippen molar-refractivity contribution in [3.63, 3.8) is 0 Å². The average molecular weight is 695 g/mol. The molecule has 0 unspecified atom stereocenters. The molecule has 9 heteroatoms. The molecule has 0 N–H and O–H groups in total. The van der Waals surface area contributed by atoms with Crippen molar-refractivity contribution in [1.82, 2.24) is 0 Å². The molecule has 0 saturated carbocycles. The van der Waals surface area contributed by atoms with Gasteiger partial charge in [0.1, 0.15) is 12.2 Å². The van der Waals surface area contributed by atoms with Gasteiger partial charge in [-0.3, -0.25) is 0 Å². The molecule has 2 aromatic rings. The van der Waals surface area contributed by atoms with Gasteiger partial charge in [-0.25, -0.2) is 0 Å². The highest BCUT2D eigenvalue weighted by Crippen LogP contribution is 2.55. The average Bonchev–Trinajstić information content (AvgIpc) is 3.20. The lowest BCUT2D eigenvalue weighted by atomic mass is 9.85. The molecule has 5 aliphatic heterocycles. The first-order valence-corrected chi connectivity index (χ1v) is 20.4. The van der Waals surface area contributed by atoms with Crippen LogP contribution < -0.4 is 0 Å². The summed E-state index contributed by atoms with van der Waals surface area (Å²) < 4.78 is 54.4. The Kier molecular flexibility index (Phi) is 10.2. The van der Waals surface area contributed by atoms with Gasteiger partial charge in [-0.2, -0.15) is 0 Å². The Morgan fingerprint density at radius 3 is 1.76 bits per heavy atom. The van der Waals surface area contributed by atoms with Crippen molar-refractivity contribution in [1.29, 1.82) is 0 Å². The molecule has 2 aromatic carbocycles. The van der Waals surface area contributed by atoms with E-state index in [1.54, 1.807) is 0 Å². The lowest BCUT2D eigenvalue weighted by Crippen LogP contribution is -2.68. The first-order chi connectivity index (χ1) is 23.3. The van der Waals surface area contributed by atoms with Gasteiger partial charge in [0.2, 0.25) is 0 Å². The Morgan fingerprint density at radius 1 is 0.653 bits per heavy atom. The fourth-order valence-corrected chi connectivity index (χ4v) is 14.0. The Morgan fingerprint density at radius 2 is 1.16 bits per heavy atom. The van der Waals surface area contributed by atoms with Crippen LogP contribution in [-0.4, -0.2) is 82.3 Å². The Hall–Kier alpha value is -1.66. The maximum atomic E-state index is 7.08. The molecule has 5 aliphatic rings. The predicted octanol–water partition coefficient (Wildman–Crippen LogP) is 7.66. The standard InChI is InChI=1S/C40H58O8Si/c1-38(2,3)49(39(4,5)6)43-25-36-35(48-49)22-34-33(46-36)21-31-32(45-34)20-30-29(44-31)18-19-40(7,42-24-28-16-12-9-13-17-28)37(47-30)26-41-23-27-14-10-8-11-15-27/h8-17,29-37H,18-26H2,1-7H3/t29-,30+,31+,32-,33-,34+,35-,36+,37-,40+/m0/s1. The lowest BCUT2D eigenvalue weighted by molar-refractivity contribution is -0.294. The highest BCUT2D eigenvalue weighted by Gasteiger charge is 2.63. The summed E-state index contributed by atoms with van der Waals surface area (Å²) in [6.07, 6.45) is 3.40. The largest absolute Gasteiger partial charge is 0.391 e. The van der Waals surface area contributed by atoms with Gasteiger partial charge in [0, 0.05) is 29.3 Å². The maximum absolute atomic E-state index is 7.08. The van der Waals surface area contributed by atoms with Crippen LogP contribution in [0.4, 0.5) is 0 Å². The molecule has 0 spiro atoms. The smallest absolute Gasteiger partial charge is 0.349 e. The summed E-state index contributed by atoms with van der Waals surface area (Å²) in [4.78, 5) is 0. The van der Waals surface area contributed by atoms with Crippen LogP contribution in [0.3, 0.4) is 0 Å². The number of hydrogen-bond donors (Lipinski definition) is 0. The second-order valence-corrected chi connectivity index (χ2v) is 22.0. The van der Waals surface area contributed by atoms with Crippen LogP contribution in [0.1, 0.15) is 91.7 Å². The number of rotatable bonds is 7. The van der Waals surface area contributed by atoms with E-state index in [1.165, 1.54) is 0 Å². The Labute approximate surface area is 294 Å². The molecule has 270 valence electrons. The van der Waals surface area contributed by atoms with Crippen molar-refractivity contribution >= 4 is 8.56 Å². The van der Waals surface area contributed by atoms with Gasteiger partial charge in [0.25, 0.3) is 0 Å². The van der Waals surface area contributed by atoms with E-state index in [4.69, 9.17) is 37.3 Å². The van der Waals surface area contributed by atoms with E-state index < -0.39 is 14.2 Å². The third kappa shape index (κ3) is 7.35. The van der Waals surface area contributed by atoms with Crippen molar-refractivity contribution in [2.75, 3.05) is 13.2 Å². The molecule has 0 aromatic heterocycles. The van der Waals surface area contributed by atoms with E-state index in [0.29, 0.717) is 26.4 Å². The summed E-state index contributed by atoms with van der Waals surface area (Å²) in [6.45, 7) is 17.8. The van der Waals surface area contributed by atoms with Gasteiger partial charge < -0.3 is 37.3 Å². The van der Waals surface area contributed by atoms with Crippen LogP contribution in [0.25, 0.3) is 0 Å². The van der Waals surface area contributed by atoms with E-state index in [2.05, 4.69) is 84.9 Å². The van der Waals surface area contributed by atoms with E-state index in [0.717, 1.165) is 43.2 Å². The highest BCUT2D eigenvalue weighted by molar-refractivity contribution is 6.73. The first kappa shape index (κ1) is 35.7. The quantitative estimate of drug-likeness (QED) is 0.274. The van der Waals surface area contributed by atoms with Crippen molar-refractivity contribution in [2.45, 2.75) is 164 Å². The zero-order valence-corrected chi connectivity index (χ0v) is 31.6. The molecular weight excluding hydrogens is 637 g/mol. The first-order valence-electron chi connectivity index (χ1n) is 18.6. The second kappa shape index (κ2) is 14.0. The fourth-order valence-electron chi connectivity index (χ4n) is 9.05. The van der Waals surface area contributed by atoms with Gasteiger partial charge in [0.15, 0.2) is 0 Å². The monoisotopic (exact) mass is 694 g/mol. The Balaban J connectivity index is 1.04. The van der Waals surface area contributed by atoms with E-state index in [-0.39, 0.29) is 65.0 Å². The summed E-state index contributed by atoms with van der Waals surface area (Å²) in [5.41, 5.74) is 1.75. The molecule has 0 aliphatic carbocycles. The number of fused-ring (bicyclic) bond motifs is 4. The molecule has 5 heterocycles. The molecule has 49 heavy (non-hydrogen) atoms. The normalized spacial score (nSPS) is 37.6. The summed E-state index contributed by atoms with van der Waals surface area (Å²) in [6, 6.07) is 20.7. The van der Waals surface area contributed by atoms with Crippen LogP contribution in [0.15, 0.2) is 60.7 Å². The number of ether oxygens (including phenoxy) is 6. The minimum absolute atomic E-state index is 0.0309. The lowest BCUT2D eigenvalue weighted by Gasteiger charge is -2.58. The molecule has 5 saturated heterocycles. The van der Waals surface area contributed by atoms with E-state index in [9.17, 15) is 0 Å². The summed E-state index contributed by atoms with van der Waals surface area (Å²) in [5, 5.41) is -0.148. The van der Waals surface area contributed by atoms with Gasteiger partial charge in [0.05, 0.1) is 74.8 Å². The maximum Gasteiger partial charge on any atom is 0.349 e. The fraction of sp³-hybridized carbons (Fsp3) is 0.700. The highest BCUT2D eigenvalue weighted by atomic mass is 28.4. The molecule has 5 fully saturated rings. The molecular formula is C40H58O8Si. The number of hydrogen-bond acceptors (Lipinski definition) is 8. The molecule has 0 bridgehead atoms. The van der Waals surface area contributed by atoms with Crippen LogP contribution in [0, 0.1) is 0 Å². The third-order valence-electron chi connectivity index (χ3n) is 11.6. The minimum Gasteiger partial charge on any atom is -0.391 e.